The molecule has 0 aliphatic carbocycles. The van der Waals surface area contributed by atoms with Gasteiger partial charge in [-0.3, -0.25) is 10.1 Å². The van der Waals surface area contributed by atoms with Crippen molar-refractivity contribution in [3.63, 3.8) is 0 Å². The maximum absolute atomic E-state index is 11.4. The first-order chi connectivity index (χ1) is 13.6. The highest BCUT2D eigenvalue weighted by Crippen LogP contribution is 2.39. The van der Waals surface area contributed by atoms with Gasteiger partial charge < -0.3 is 9.47 Å². The highest BCUT2D eigenvalue weighted by molar-refractivity contribution is 7.11. The van der Waals surface area contributed by atoms with Crippen LogP contribution in [0.3, 0.4) is 0 Å². The van der Waals surface area contributed by atoms with Gasteiger partial charge in [0.2, 0.25) is 5.75 Å². The maximum atomic E-state index is 11.4. The van der Waals surface area contributed by atoms with Crippen LogP contribution in [0.1, 0.15) is 10.6 Å². The Bertz CT molecular complexity index is 1080. The fraction of sp³-hybridized carbons (Fsp3) is 0.100. The summed E-state index contributed by atoms with van der Waals surface area (Å²) in [6.45, 7) is 0. The summed E-state index contributed by atoms with van der Waals surface area (Å²) in [4.78, 5) is 15.3. The van der Waals surface area contributed by atoms with Crippen LogP contribution in [0.2, 0.25) is 0 Å². The van der Waals surface area contributed by atoms with E-state index >= 15 is 0 Å². The average molecular weight is 393 g/mol. The first-order valence-electron chi connectivity index (χ1n) is 8.11. The minimum absolute atomic E-state index is 0.0313. The van der Waals surface area contributed by atoms with Gasteiger partial charge in [-0.2, -0.15) is 5.26 Å². The Labute approximate surface area is 165 Å². The molecule has 3 aromatic rings. The smallest absolute Gasteiger partial charge is 0.315 e. The first-order valence-corrected chi connectivity index (χ1v) is 8.99. The van der Waals surface area contributed by atoms with Crippen LogP contribution in [0.4, 0.5) is 5.69 Å². The van der Waals surface area contributed by atoms with Gasteiger partial charge in [0, 0.05) is 17.0 Å². The number of hydrogen-bond donors (Lipinski definition) is 0. The molecule has 0 unspecified atom stereocenters. The zero-order chi connectivity index (χ0) is 20.1. The normalized spacial score (nSPS) is 11.0. The molecule has 0 spiro atoms. The molecule has 28 heavy (non-hydrogen) atoms. The highest BCUT2D eigenvalue weighted by atomic mass is 32.1. The molecule has 0 saturated carbocycles. The molecule has 3 rings (SSSR count). The highest BCUT2D eigenvalue weighted by Gasteiger charge is 2.21. The number of allylic oxidation sites excluding steroid dienone is 1. The molecular weight excluding hydrogens is 378 g/mol. The summed E-state index contributed by atoms with van der Waals surface area (Å²) >= 11 is 1.33. The van der Waals surface area contributed by atoms with E-state index < -0.39 is 4.92 Å². The second-order valence-electron chi connectivity index (χ2n) is 5.61. The number of nitro benzene ring substituents is 1. The lowest BCUT2D eigenvalue weighted by Gasteiger charge is -2.09. The number of nitrogens with zero attached hydrogens (tertiary/aromatic N) is 3. The molecule has 140 valence electrons. The van der Waals surface area contributed by atoms with E-state index in [2.05, 4.69) is 11.1 Å². The van der Waals surface area contributed by atoms with E-state index in [0.717, 1.165) is 11.3 Å². The summed E-state index contributed by atoms with van der Waals surface area (Å²) in [5, 5.41) is 23.3. The molecule has 0 radical (unpaired) electrons. The molecule has 2 aromatic carbocycles. The lowest BCUT2D eigenvalue weighted by molar-refractivity contribution is -0.385. The summed E-state index contributed by atoms with van der Waals surface area (Å²) in [6, 6.07) is 14.7. The topological polar surface area (TPSA) is 98.3 Å². The van der Waals surface area contributed by atoms with Gasteiger partial charge in [-0.05, 0) is 17.7 Å². The molecular formula is C20H15N3O4S. The number of thiazole rings is 1. The predicted octanol–water partition coefficient (Wildman–Crippen LogP) is 4.80. The van der Waals surface area contributed by atoms with E-state index in [4.69, 9.17) is 9.47 Å². The first kappa shape index (κ1) is 19.1. The predicted molar refractivity (Wildman–Crippen MR) is 107 cm³/mol. The van der Waals surface area contributed by atoms with E-state index in [-0.39, 0.29) is 17.2 Å². The van der Waals surface area contributed by atoms with E-state index in [9.17, 15) is 15.4 Å². The average Bonchev–Trinajstić information content (AvgIpc) is 3.21. The van der Waals surface area contributed by atoms with Crippen LogP contribution >= 0.6 is 11.3 Å². The van der Waals surface area contributed by atoms with Crippen molar-refractivity contribution >= 4 is 28.7 Å². The van der Waals surface area contributed by atoms with Gasteiger partial charge in [0.05, 0.1) is 30.4 Å². The SMILES string of the molecule is COc1cc(/C=C(/C#N)c2nc(-c3ccccc3)cs2)cc([N+](=O)[O-])c1OC. The van der Waals surface area contributed by atoms with Crippen molar-refractivity contribution in [2.75, 3.05) is 14.2 Å². The minimum atomic E-state index is -0.554. The zero-order valence-corrected chi connectivity index (χ0v) is 15.9. The van der Waals surface area contributed by atoms with Crippen LogP contribution in [0.25, 0.3) is 22.9 Å². The molecule has 0 saturated heterocycles. The third-order valence-electron chi connectivity index (χ3n) is 3.91. The quantitative estimate of drug-likeness (QED) is 0.339. The number of ether oxygens (including phenoxy) is 2. The third-order valence-corrected chi connectivity index (χ3v) is 4.79. The molecule has 0 atom stereocenters. The molecule has 0 amide bonds. The van der Waals surface area contributed by atoms with Gasteiger partial charge in [-0.25, -0.2) is 4.98 Å². The second kappa shape index (κ2) is 8.33. The van der Waals surface area contributed by atoms with Crippen molar-refractivity contribution in [2.45, 2.75) is 0 Å². The maximum Gasteiger partial charge on any atom is 0.315 e. The van der Waals surface area contributed by atoms with Gasteiger partial charge in [0.1, 0.15) is 11.1 Å². The molecule has 0 N–H and O–H groups in total. The number of rotatable bonds is 6. The van der Waals surface area contributed by atoms with E-state index in [0.29, 0.717) is 16.1 Å². The van der Waals surface area contributed by atoms with Crippen LogP contribution < -0.4 is 9.47 Å². The van der Waals surface area contributed by atoms with Crippen LogP contribution in [-0.2, 0) is 0 Å². The van der Waals surface area contributed by atoms with Crippen LogP contribution in [-0.4, -0.2) is 24.1 Å². The Morgan fingerprint density at radius 2 is 2.00 bits per heavy atom. The van der Waals surface area contributed by atoms with Crippen LogP contribution in [0.15, 0.2) is 47.8 Å². The monoisotopic (exact) mass is 393 g/mol. The van der Waals surface area contributed by atoms with Gasteiger partial charge >= 0.3 is 5.69 Å². The minimum Gasteiger partial charge on any atom is -0.493 e. The van der Waals surface area contributed by atoms with Crippen molar-refractivity contribution < 1.29 is 14.4 Å². The third kappa shape index (κ3) is 3.84. The Kier molecular flexibility index (Phi) is 5.67. The van der Waals surface area contributed by atoms with E-state index in [1.54, 1.807) is 12.1 Å². The van der Waals surface area contributed by atoms with Crippen molar-refractivity contribution in [1.29, 1.82) is 5.26 Å². The van der Waals surface area contributed by atoms with Crippen molar-refractivity contribution in [1.82, 2.24) is 4.98 Å². The van der Waals surface area contributed by atoms with Crippen molar-refractivity contribution in [2.24, 2.45) is 0 Å². The fourth-order valence-corrected chi connectivity index (χ4v) is 3.43. The van der Waals surface area contributed by atoms with Crippen LogP contribution in [0, 0.1) is 21.4 Å². The molecule has 7 nitrogen and oxygen atoms in total. The van der Waals surface area contributed by atoms with Gasteiger partial charge in [-0.15, -0.1) is 11.3 Å². The molecule has 0 aliphatic rings. The summed E-state index contributed by atoms with van der Waals surface area (Å²) < 4.78 is 10.3. The molecule has 8 heteroatoms. The van der Waals surface area contributed by atoms with E-state index in [1.807, 2.05) is 35.7 Å². The van der Waals surface area contributed by atoms with Gasteiger partial charge in [0.15, 0.2) is 5.75 Å². The molecule has 0 aliphatic heterocycles. The number of benzene rings is 2. The Hall–Kier alpha value is -3.70. The Morgan fingerprint density at radius 1 is 1.25 bits per heavy atom. The number of hydrogen-bond acceptors (Lipinski definition) is 7. The summed E-state index contributed by atoms with van der Waals surface area (Å²) in [7, 11) is 2.73. The number of nitro groups is 1. The lowest BCUT2D eigenvalue weighted by Crippen LogP contribution is -1.98. The number of aromatic nitrogens is 1. The fourth-order valence-electron chi connectivity index (χ4n) is 2.63. The van der Waals surface area contributed by atoms with Crippen molar-refractivity contribution in [3.8, 4) is 28.8 Å². The second-order valence-corrected chi connectivity index (χ2v) is 6.46. The van der Waals surface area contributed by atoms with Gasteiger partial charge in [0.25, 0.3) is 0 Å². The molecule has 0 fully saturated rings. The summed E-state index contributed by atoms with van der Waals surface area (Å²) in [5.74, 6) is 0.244. The van der Waals surface area contributed by atoms with Gasteiger partial charge in [-0.1, -0.05) is 30.3 Å². The lowest BCUT2D eigenvalue weighted by atomic mass is 10.1. The van der Waals surface area contributed by atoms with Crippen molar-refractivity contribution in [3.05, 3.63) is 68.5 Å². The molecule has 1 aromatic heterocycles. The molecule has 1 heterocycles. The summed E-state index contributed by atoms with van der Waals surface area (Å²) in [6.07, 6.45) is 1.54. The van der Waals surface area contributed by atoms with E-state index in [1.165, 1.54) is 31.6 Å². The van der Waals surface area contributed by atoms with Crippen LogP contribution in [0.5, 0.6) is 11.5 Å². The number of nitriles is 1. The standard InChI is InChI=1S/C20H15N3O4S/c1-26-18-10-13(9-17(23(24)25)19(18)27-2)8-15(11-21)20-22-16(12-28-20)14-6-4-3-5-7-14/h3-10,12H,1-2H3/b15-8-. The summed E-state index contributed by atoms with van der Waals surface area (Å²) in [5.41, 5.74) is 2.21. The zero-order valence-electron chi connectivity index (χ0n) is 15.1. The Morgan fingerprint density at radius 3 is 2.61 bits per heavy atom. The Balaban J connectivity index is 2.04. The molecule has 0 bridgehead atoms. The largest absolute Gasteiger partial charge is 0.493 e. The number of methoxy groups -OCH3 is 2.